The van der Waals surface area contributed by atoms with Crippen molar-refractivity contribution >= 4 is 5.91 Å². The molecule has 0 unspecified atom stereocenters. The fraction of sp³-hybridized carbons (Fsp3) is 0.769. The van der Waals surface area contributed by atoms with E-state index in [1.54, 1.807) is 0 Å². The summed E-state index contributed by atoms with van der Waals surface area (Å²) in [5.41, 5.74) is 0. The third kappa shape index (κ3) is 7.35. The Morgan fingerprint density at radius 3 is 2.33 bits per heavy atom. The second kappa shape index (κ2) is 8.16. The van der Waals surface area contributed by atoms with Gasteiger partial charge in [0.05, 0.1) is 5.92 Å². The van der Waals surface area contributed by atoms with Crippen LogP contribution in [-0.4, -0.2) is 31.1 Å². The van der Waals surface area contributed by atoms with Crippen molar-refractivity contribution < 1.29 is 18.0 Å². The molecule has 0 spiro atoms. The summed E-state index contributed by atoms with van der Waals surface area (Å²) in [6, 6.07) is 0. The zero-order valence-corrected chi connectivity index (χ0v) is 11.3. The number of unbranched alkanes of at least 4 members (excludes halogenated alkanes) is 3. The Kier molecular flexibility index (Phi) is 7.71. The third-order valence-electron chi connectivity index (χ3n) is 2.66. The zero-order valence-electron chi connectivity index (χ0n) is 11.3. The minimum absolute atomic E-state index is 0.504. The van der Waals surface area contributed by atoms with Crippen molar-refractivity contribution in [3.63, 3.8) is 0 Å². The molecule has 0 N–H and O–H groups in total. The van der Waals surface area contributed by atoms with Gasteiger partial charge in [-0.05, 0) is 12.8 Å². The average Bonchev–Trinajstić information content (AvgIpc) is 2.25. The Bertz CT molecular complexity index is 272. The van der Waals surface area contributed by atoms with Crippen LogP contribution in [0.4, 0.5) is 13.2 Å². The SMILES string of the molecule is CCCCC/C=C/[C@H](CC(=O)N(C)C)C(F)(F)F. The van der Waals surface area contributed by atoms with E-state index in [4.69, 9.17) is 0 Å². The predicted molar refractivity (Wildman–Crippen MR) is 66.1 cm³/mol. The summed E-state index contributed by atoms with van der Waals surface area (Å²) in [5.74, 6) is -2.18. The van der Waals surface area contributed by atoms with Gasteiger partial charge in [0.2, 0.25) is 5.91 Å². The quantitative estimate of drug-likeness (QED) is 0.506. The third-order valence-corrected chi connectivity index (χ3v) is 2.66. The van der Waals surface area contributed by atoms with E-state index < -0.39 is 24.4 Å². The van der Waals surface area contributed by atoms with Crippen molar-refractivity contribution in [3.8, 4) is 0 Å². The summed E-state index contributed by atoms with van der Waals surface area (Å²) >= 11 is 0. The molecule has 0 bridgehead atoms. The van der Waals surface area contributed by atoms with Crippen LogP contribution in [0.15, 0.2) is 12.2 Å². The van der Waals surface area contributed by atoms with Gasteiger partial charge in [-0.2, -0.15) is 13.2 Å². The molecule has 5 heteroatoms. The lowest BCUT2D eigenvalue weighted by Crippen LogP contribution is -2.30. The van der Waals surface area contributed by atoms with E-state index in [0.717, 1.165) is 25.3 Å². The summed E-state index contributed by atoms with van der Waals surface area (Å²) in [6.45, 7) is 2.04. The fourth-order valence-electron chi connectivity index (χ4n) is 1.44. The van der Waals surface area contributed by atoms with Crippen LogP contribution in [0.1, 0.15) is 39.0 Å². The van der Waals surface area contributed by atoms with E-state index in [1.165, 1.54) is 25.1 Å². The number of nitrogens with zero attached hydrogens (tertiary/aromatic N) is 1. The number of hydrogen-bond donors (Lipinski definition) is 0. The highest BCUT2D eigenvalue weighted by Gasteiger charge is 2.39. The molecule has 0 aromatic carbocycles. The molecule has 1 amide bonds. The van der Waals surface area contributed by atoms with Gasteiger partial charge in [-0.15, -0.1) is 0 Å². The normalized spacial score (nSPS) is 13.9. The molecule has 2 nitrogen and oxygen atoms in total. The van der Waals surface area contributed by atoms with E-state index in [1.807, 2.05) is 6.92 Å². The molecule has 0 fully saturated rings. The van der Waals surface area contributed by atoms with Gasteiger partial charge >= 0.3 is 6.18 Å². The molecule has 0 aliphatic heterocycles. The molecule has 0 aliphatic rings. The van der Waals surface area contributed by atoms with Crippen LogP contribution in [0.2, 0.25) is 0 Å². The highest BCUT2D eigenvalue weighted by molar-refractivity contribution is 5.76. The minimum Gasteiger partial charge on any atom is -0.349 e. The minimum atomic E-state index is -4.35. The van der Waals surface area contributed by atoms with Gasteiger partial charge in [-0.1, -0.05) is 31.9 Å². The van der Waals surface area contributed by atoms with Crippen molar-refractivity contribution in [1.29, 1.82) is 0 Å². The molecule has 0 aliphatic carbocycles. The summed E-state index contributed by atoms with van der Waals surface area (Å²) in [7, 11) is 2.92. The molecule has 0 aromatic rings. The second-order valence-electron chi connectivity index (χ2n) is 4.56. The Morgan fingerprint density at radius 2 is 1.89 bits per heavy atom. The Labute approximate surface area is 107 Å². The molecular weight excluding hydrogens is 243 g/mol. The van der Waals surface area contributed by atoms with Crippen LogP contribution < -0.4 is 0 Å². The Balaban J connectivity index is 4.38. The van der Waals surface area contributed by atoms with E-state index in [9.17, 15) is 18.0 Å². The topological polar surface area (TPSA) is 20.3 Å². The van der Waals surface area contributed by atoms with E-state index in [-0.39, 0.29) is 0 Å². The van der Waals surface area contributed by atoms with Gasteiger partial charge < -0.3 is 4.90 Å². The second-order valence-corrected chi connectivity index (χ2v) is 4.56. The zero-order chi connectivity index (χ0) is 14.2. The number of rotatable bonds is 7. The largest absolute Gasteiger partial charge is 0.395 e. The van der Waals surface area contributed by atoms with Crippen molar-refractivity contribution in [3.05, 3.63) is 12.2 Å². The standard InChI is InChI=1S/C13H22F3NO/c1-4-5-6-7-8-9-11(13(14,15)16)10-12(18)17(2)3/h8-9,11H,4-7,10H2,1-3H3/b9-8+/t11-/m1/s1. The monoisotopic (exact) mass is 265 g/mol. The first-order chi connectivity index (χ1) is 8.29. The Morgan fingerprint density at radius 1 is 1.28 bits per heavy atom. The van der Waals surface area contributed by atoms with Crippen LogP contribution in [-0.2, 0) is 4.79 Å². The summed E-state index contributed by atoms with van der Waals surface area (Å²) in [6.07, 6.45) is 1.37. The highest BCUT2D eigenvalue weighted by Crippen LogP contribution is 2.30. The van der Waals surface area contributed by atoms with Gasteiger partial charge in [0.1, 0.15) is 0 Å². The van der Waals surface area contributed by atoms with Crippen LogP contribution >= 0.6 is 0 Å². The molecule has 1 atom stereocenters. The fourth-order valence-corrected chi connectivity index (χ4v) is 1.44. The molecule has 0 saturated heterocycles. The lowest BCUT2D eigenvalue weighted by molar-refractivity contribution is -0.168. The van der Waals surface area contributed by atoms with Gasteiger partial charge in [0.15, 0.2) is 0 Å². The average molecular weight is 265 g/mol. The van der Waals surface area contributed by atoms with Crippen LogP contribution in [0.5, 0.6) is 0 Å². The molecule has 106 valence electrons. The van der Waals surface area contributed by atoms with Gasteiger partial charge in [-0.3, -0.25) is 4.79 Å². The lowest BCUT2D eigenvalue weighted by Gasteiger charge is -2.18. The number of carbonyl (C=O) groups excluding carboxylic acids is 1. The van der Waals surface area contributed by atoms with Crippen molar-refractivity contribution in [2.45, 2.75) is 45.2 Å². The van der Waals surface area contributed by atoms with Crippen LogP contribution in [0.3, 0.4) is 0 Å². The smallest absolute Gasteiger partial charge is 0.349 e. The van der Waals surface area contributed by atoms with E-state index in [0.29, 0.717) is 6.42 Å². The molecule has 0 aromatic heterocycles. The summed E-state index contributed by atoms with van der Waals surface area (Å²) in [4.78, 5) is 12.5. The lowest BCUT2D eigenvalue weighted by atomic mass is 10.0. The number of halogens is 3. The predicted octanol–water partition coefficient (Wildman–Crippen LogP) is 3.78. The van der Waals surface area contributed by atoms with Gasteiger partial charge in [0.25, 0.3) is 0 Å². The summed E-state index contributed by atoms with van der Waals surface area (Å²) < 4.78 is 38.1. The number of carbonyl (C=O) groups is 1. The first-order valence-electron chi connectivity index (χ1n) is 6.22. The van der Waals surface area contributed by atoms with Crippen LogP contribution in [0, 0.1) is 5.92 Å². The van der Waals surface area contributed by atoms with Crippen molar-refractivity contribution in [2.24, 2.45) is 5.92 Å². The van der Waals surface area contributed by atoms with Gasteiger partial charge in [0, 0.05) is 20.5 Å². The maximum atomic E-state index is 12.7. The number of amides is 1. The molecule has 0 heterocycles. The molecular formula is C13H22F3NO. The highest BCUT2D eigenvalue weighted by atomic mass is 19.4. The molecule has 0 radical (unpaired) electrons. The number of allylic oxidation sites excluding steroid dienone is 2. The maximum absolute atomic E-state index is 12.7. The van der Waals surface area contributed by atoms with Gasteiger partial charge in [-0.25, -0.2) is 0 Å². The maximum Gasteiger partial charge on any atom is 0.395 e. The van der Waals surface area contributed by atoms with Crippen molar-refractivity contribution in [1.82, 2.24) is 4.90 Å². The molecule has 0 saturated carbocycles. The number of hydrogen-bond acceptors (Lipinski definition) is 1. The molecule has 0 rings (SSSR count). The first kappa shape index (κ1) is 17.0. The first-order valence-corrected chi connectivity index (χ1v) is 6.22. The van der Waals surface area contributed by atoms with Crippen molar-refractivity contribution in [2.75, 3.05) is 14.1 Å². The molecule has 18 heavy (non-hydrogen) atoms. The van der Waals surface area contributed by atoms with E-state index >= 15 is 0 Å². The Hall–Kier alpha value is -1.00. The van der Waals surface area contributed by atoms with E-state index in [2.05, 4.69) is 0 Å². The summed E-state index contributed by atoms with van der Waals surface area (Å²) in [5, 5.41) is 0. The van der Waals surface area contributed by atoms with Crippen LogP contribution in [0.25, 0.3) is 0 Å². The number of alkyl halides is 3.